The number of likely N-dealkylation sites (tertiary alicyclic amines) is 1. The van der Waals surface area contributed by atoms with Gasteiger partial charge in [-0.25, -0.2) is 8.78 Å². The van der Waals surface area contributed by atoms with Crippen LogP contribution in [0.25, 0.3) is 0 Å². The number of piperidine rings is 1. The molecule has 0 aliphatic carbocycles. The largest absolute Gasteiger partial charge is 0.389 e. The summed E-state index contributed by atoms with van der Waals surface area (Å²) in [5.41, 5.74) is 0. The Hall–Kier alpha value is -0.880. The summed E-state index contributed by atoms with van der Waals surface area (Å²) in [5.74, 6) is -3.49. The summed E-state index contributed by atoms with van der Waals surface area (Å²) in [6, 6.07) is 0. The van der Waals surface area contributed by atoms with Crippen molar-refractivity contribution in [2.45, 2.75) is 37.8 Å². The van der Waals surface area contributed by atoms with Gasteiger partial charge in [-0.05, 0) is 0 Å². The van der Waals surface area contributed by atoms with Crippen molar-refractivity contribution in [2.75, 3.05) is 13.1 Å². The first-order chi connectivity index (χ1) is 7.20. The molecule has 0 radical (unpaired) electrons. The van der Waals surface area contributed by atoms with Gasteiger partial charge >= 0.3 is 6.18 Å². The Morgan fingerprint density at radius 2 is 1.69 bits per heavy atom. The van der Waals surface area contributed by atoms with Crippen LogP contribution in [0.5, 0.6) is 0 Å². The molecule has 7 heteroatoms. The van der Waals surface area contributed by atoms with E-state index in [4.69, 9.17) is 0 Å². The lowest BCUT2D eigenvalue weighted by Gasteiger charge is -2.31. The van der Waals surface area contributed by atoms with Crippen LogP contribution in [-0.4, -0.2) is 36.0 Å². The molecule has 0 spiro atoms. The van der Waals surface area contributed by atoms with E-state index in [0.717, 1.165) is 4.90 Å². The highest BCUT2D eigenvalue weighted by Gasteiger charge is 2.36. The van der Waals surface area contributed by atoms with Crippen molar-refractivity contribution >= 4 is 5.91 Å². The van der Waals surface area contributed by atoms with Gasteiger partial charge in [-0.3, -0.25) is 4.79 Å². The molecule has 1 aliphatic heterocycles. The summed E-state index contributed by atoms with van der Waals surface area (Å²) in [4.78, 5) is 12.3. The number of halogens is 5. The first-order valence-corrected chi connectivity index (χ1v) is 4.92. The van der Waals surface area contributed by atoms with Crippen LogP contribution < -0.4 is 0 Å². The zero-order chi connectivity index (χ0) is 12.4. The minimum Gasteiger partial charge on any atom is -0.342 e. The van der Waals surface area contributed by atoms with E-state index in [-0.39, 0.29) is 13.1 Å². The molecule has 1 fully saturated rings. The van der Waals surface area contributed by atoms with Crippen molar-refractivity contribution in [2.24, 2.45) is 0 Å². The molecule has 16 heavy (non-hydrogen) atoms. The van der Waals surface area contributed by atoms with Crippen LogP contribution in [0.15, 0.2) is 0 Å². The van der Waals surface area contributed by atoms with E-state index in [1.54, 1.807) is 0 Å². The van der Waals surface area contributed by atoms with Gasteiger partial charge in [-0.2, -0.15) is 13.2 Å². The summed E-state index contributed by atoms with van der Waals surface area (Å²) in [5, 5.41) is 0. The van der Waals surface area contributed by atoms with E-state index in [1.165, 1.54) is 0 Å². The van der Waals surface area contributed by atoms with Gasteiger partial charge < -0.3 is 4.90 Å². The number of carbonyl (C=O) groups excluding carboxylic acids is 1. The molecule has 0 unspecified atom stereocenters. The van der Waals surface area contributed by atoms with Crippen LogP contribution in [0.3, 0.4) is 0 Å². The van der Waals surface area contributed by atoms with Gasteiger partial charge in [0.15, 0.2) is 0 Å². The van der Waals surface area contributed by atoms with Gasteiger partial charge in [0, 0.05) is 32.4 Å². The van der Waals surface area contributed by atoms with E-state index >= 15 is 0 Å². The molecule has 0 aromatic heterocycles. The number of nitrogens with zero attached hydrogens (tertiary/aromatic N) is 1. The quantitative estimate of drug-likeness (QED) is 0.685. The Kier molecular flexibility index (Phi) is 3.75. The van der Waals surface area contributed by atoms with E-state index in [9.17, 15) is 26.7 Å². The van der Waals surface area contributed by atoms with Crippen molar-refractivity contribution in [3.8, 4) is 0 Å². The zero-order valence-electron chi connectivity index (χ0n) is 8.49. The molecule has 0 bridgehead atoms. The van der Waals surface area contributed by atoms with Gasteiger partial charge in [-0.15, -0.1) is 0 Å². The Labute approximate surface area is 89.4 Å². The number of alkyl halides is 5. The third-order valence-electron chi connectivity index (χ3n) is 2.47. The molecule has 0 N–H and O–H groups in total. The lowest BCUT2D eigenvalue weighted by molar-refractivity contribution is -0.152. The number of hydrogen-bond acceptors (Lipinski definition) is 1. The molecule has 94 valence electrons. The molecule has 1 saturated heterocycles. The Morgan fingerprint density at radius 3 is 2.12 bits per heavy atom. The number of rotatable bonds is 2. The van der Waals surface area contributed by atoms with Gasteiger partial charge in [0.05, 0.1) is 6.42 Å². The van der Waals surface area contributed by atoms with Crippen molar-refractivity contribution in [1.82, 2.24) is 4.90 Å². The lowest BCUT2D eigenvalue weighted by Crippen LogP contribution is -2.42. The van der Waals surface area contributed by atoms with E-state index in [1.807, 2.05) is 0 Å². The van der Waals surface area contributed by atoms with E-state index in [2.05, 4.69) is 0 Å². The normalized spacial score (nSPS) is 20.9. The predicted molar refractivity (Wildman–Crippen MR) is 46.1 cm³/mol. The smallest absolute Gasteiger partial charge is 0.342 e. The summed E-state index contributed by atoms with van der Waals surface area (Å²) < 4.78 is 60.8. The van der Waals surface area contributed by atoms with Gasteiger partial charge in [0.25, 0.3) is 5.92 Å². The summed E-state index contributed by atoms with van der Waals surface area (Å²) in [6.45, 7) is -0.326. The Balaban J connectivity index is 2.34. The van der Waals surface area contributed by atoms with Gasteiger partial charge in [0.2, 0.25) is 5.91 Å². The van der Waals surface area contributed by atoms with Gasteiger partial charge in [0.1, 0.15) is 0 Å². The van der Waals surface area contributed by atoms with Gasteiger partial charge in [-0.1, -0.05) is 0 Å². The molecular weight excluding hydrogens is 233 g/mol. The second-order valence-electron chi connectivity index (χ2n) is 3.85. The summed E-state index contributed by atoms with van der Waals surface area (Å²) in [7, 11) is 0. The monoisotopic (exact) mass is 245 g/mol. The summed E-state index contributed by atoms with van der Waals surface area (Å²) in [6.07, 6.45) is -7.17. The highest BCUT2D eigenvalue weighted by atomic mass is 19.4. The number of hydrogen-bond donors (Lipinski definition) is 0. The maximum absolute atomic E-state index is 12.7. The fourth-order valence-corrected chi connectivity index (χ4v) is 1.49. The highest BCUT2D eigenvalue weighted by molar-refractivity contribution is 5.76. The minimum atomic E-state index is -4.38. The SMILES string of the molecule is O=C(CCC(F)(F)F)N1CCC(F)(F)CC1. The number of amides is 1. The molecule has 2 nitrogen and oxygen atoms in total. The minimum absolute atomic E-state index is 0.163. The van der Waals surface area contributed by atoms with E-state index in [0.29, 0.717) is 0 Å². The van der Waals surface area contributed by atoms with Crippen LogP contribution in [0.4, 0.5) is 22.0 Å². The molecular formula is C9H12F5NO. The van der Waals surface area contributed by atoms with Crippen LogP contribution in [-0.2, 0) is 4.79 Å². The third-order valence-corrected chi connectivity index (χ3v) is 2.47. The van der Waals surface area contributed by atoms with Crippen molar-refractivity contribution in [3.63, 3.8) is 0 Å². The Morgan fingerprint density at radius 1 is 1.19 bits per heavy atom. The first-order valence-electron chi connectivity index (χ1n) is 4.92. The number of carbonyl (C=O) groups is 1. The molecule has 0 aromatic rings. The average molecular weight is 245 g/mol. The molecule has 0 atom stereocenters. The first kappa shape index (κ1) is 13.2. The summed E-state index contributed by atoms with van der Waals surface area (Å²) >= 11 is 0. The highest BCUT2D eigenvalue weighted by Crippen LogP contribution is 2.28. The second kappa shape index (κ2) is 4.55. The van der Waals surface area contributed by atoms with Crippen LogP contribution in [0.2, 0.25) is 0 Å². The molecule has 1 heterocycles. The molecule has 0 aromatic carbocycles. The maximum atomic E-state index is 12.7. The average Bonchev–Trinajstić information content (AvgIpc) is 2.13. The molecule has 1 aliphatic rings. The second-order valence-corrected chi connectivity index (χ2v) is 3.85. The molecule has 1 rings (SSSR count). The van der Waals surface area contributed by atoms with Crippen LogP contribution in [0.1, 0.15) is 25.7 Å². The van der Waals surface area contributed by atoms with Crippen molar-refractivity contribution < 1.29 is 26.7 Å². The standard InChI is InChI=1S/C9H12F5NO/c10-8(11)3-5-15(6-4-8)7(16)1-2-9(12,13)14/h1-6H2. The maximum Gasteiger partial charge on any atom is 0.389 e. The lowest BCUT2D eigenvalue weighted by atomic mass is 10.1. The molecule has 1 amide bonds. The van der Waals surface area contributed by atoms with Crippen molar-refractivity contribution in [3.05, 3.63) is 0 Å². The van der Waals surface area contributed by atoms with Crippen LogP contribution >= 0.6 is 0 Å². The fraction of sp³-hybridized carbons (Fsp3) is 0.889. The third kappa shape index (κ3) is 4.32. The predicted octanol–water partition coefficient (Wildman–Crippen LogP) is 2.59. The topological polar surface area (TPSA) is 20.3 Å². The van der Waals surface area contributed by atoms with E-state index < -0.39 is 43.7 Å². The zero-order valence-corrected chi connectivity index (χ0v) is 8.49. The molecule has 0 saturated carbocycles. The van der Waals surface area contributed by atoms with Crippen LogP contribution in [0, 0.1) is 0 Å². The Bertz CT molecular complexity index is 253. The van der Waals surface area contributed by atoms with Crippen molar-refractivity contribution in [1.29, 1.82) is 0 Å². The fourth-order valence-electron chi connectivity index (χ4n) is 1.49.